The van der Waals surface area contributed by atoms with Gasteiger partial charge >= 0.3 is 0 Å². The topological polar surface area (TPSA) is 45.4 Å². The SMILES string of the molecule is CCC(N)C(c1cccnc1)N1CCN(C(C)CC)CC1. The van der Waals surface area contributed by atoms with Crippen molar-refractivity contribution in [3.8, 4) is 0 Å². The molecule has 0 amide bonds. The zero-order valence-corrected chi connectivity index (χ0v) is 13.7. The molecular formula is C17H30N4. The highest BCUT2D eigenvalue weighted by Gasteiger charge is 2.29. The van der Waals surface area contributed by atoms with E-state index >= 15 is 0 Å². The molecule has 3 atom stereocenters. The number of nitrogens with two attached hydrogens (primary N) is 1. The lowest BCUT2D eigenvalue weighted by atomic mass is 9.97. The van der Waals surface area contributed by atoms with E-state index in [-0.39, 0.29) is 6.04 Å². The van der Waals surface area contributed by atoms with E-state index in [1.807, 2.05) is 18.5 Å². The summed E-state index contributed by atoms with van der Waals surface area (Å²) in [5.74, 6) is 0. The lowest BCUT2D eigenvalue weighted by Gasteiger charge is -2.43. The zero-order valence-electron chi connectivity index (χ0n) is 13.7. The van der Waals surface area contributed by atoms with Crippen molar-refractivity contribution in [2.45, 2.75) is 51.7 Å². The molecule has 2 heterocycles. The second kappa shape index (κ2) is 7.87. The second-order valence-corrected chi connectivity index (χ2v) is 6.13. The minimum absolute atomic E-state index is 0.171. The third-order valence-electron chi connectivity index (χ3n) is 4.86. The molecule has 1 aromatic rings. The Labute approximate surface area is 129 Å². The molecule has 0 radical (unpaired) electrons. The number of hydrogen-bond acceptors (Lipinski definition) is 4. The summed E-state index contributed by atoms with van der Waals surface area (Å²) in [6.07, 6.45) is 6.02. The summed E-state index contributed by atoms with van der Waals surface area (Å²) in [4.78, 5) is 9.42. The Hall–Kier alpha value is -0.970. The molecule has 3 unspecified atom stereocenters. The first kappa shape index (κ1) is 16.4. The summed E-state index contributed by atoms with van der Waals surface area (Å²) in [6, 6.07) is 5.32. The lowest BCUT2D eigenvalue weighted by Crippen LogP contribution is -2.53. The van der Waals surface area contributed by atoms with Gasteiger partial charge in [0, 0.05) is 50.7 Å². The van der Waals surface area contributed by atoms with Crippen LogP contribution in [0.5, 0.6) is 0 Å². The molecule has 1 aromatic heterocycles. The van der Waals surface area contributed by atoms with E-state index in [0.717, 1.165) is 32.6 Å². The van der Waals surface area contributed by atoms with Gasteiger partial charge in [-0.05, 0) is 31.4 Å². The molecule has 1 saturated heterocycles. The fraction of sp³-hybridized carbons (Fsp3) is 0.706. The summed E-state index contributed by atoms with van der Waals surface area (Å²) in [5.41, 5.74) is 7.67. The maximum absolute atomic E-state index is 6.42. The monoisotopic (exact) mass is 290 g/mol. The molecule has 0 bridgehead atoms. The summed E-state index contributed by atoms with van der Waals surface area (Å²) >= 11 is 0. The number of rotatable bonds is 6. The van der Waals surface area contributed by atoms with Gasteiger partial charge in [-0.1, -0.05) is 19.9 Å². The average Bonchev–Trinajstić information content (AvgIpc) is 2.55. The van der Waals surface area contributed by atoms with Crippen LogP contribution in [0.4, 0.5) is 0 Å². The van der Waals surface area contributed by atoms with Crippen molar-refractivity contribution < 1.29 is 0 Å². The van der Waals surface area contributed by atoms with Gasteiger partial charge in [0.05, 0.1) is 6.04 Å². The molecule has 1 aliphatic heterocycles. The molecular weight excluding hydrogens is 260 g/mol. The fourth-order valence-corrected chi connectivity index (χ4v) is 3.22. The summed E-state index contributed by atoms with van der Waals surface area (Å²) in [6.45, 7) is 11.2. The van der Waals surface area contributed by atoms with Crippen LogP contribution in [0.1, 0.15) is 45.2 Å². The van der Waals surface area contributed by atoms with Gasteiger partial charge in [0.2, 0.25) is 0 Å². The van der Waals surface area contributed by atoms with Crippen LogP contribution >= 0.6 is 0 Å². The number of aromatic nitrogens is 1. The third-order valence-corrected chi connectivity index (χ3v) is 4.86. The molecule has 4 nitrogen and oxygen atoms in total. The van der Waals surface area contributed by atoms with E-state index < -0.39 is 0 Å². The maximum Gasteiger partial charge on any atom is 0.0515 e. The average molecular weight is 290 g/mol. The fourth-order valence-electron chi connectivity index (χ4n) is 3.22. The Balaban J connectivity index is 2.06. The molecule has 0 saturated carbocycles. The third kappa shape index (κ3) is 4.02. The lowest BCUT2D eigenvalue weighted by molar-refractivity contribution is 0.0627. The van der Waals surface area contributed by atoms with Gasteiger partial charge in [0.1, 0.15) is 0 Å². The van der Waals surface area contributed by atoms with Crippen molar-refractivity contribution in [3.05, 3.63) is 30.1 Å². The van der Waals surface area contributed by atoms with Crippen LogP contribution < -0.4 is 5.73 Å². The van der Waals surface area contributed by atoms with Crippen LogP contribution in [0.2, 0.25) is 0 Å². The normalized spacial score (nSPS) is 21.9. The van der Waals surface area contributed by atoms with E-state index in [2.05, 4.69) is 41.6 Å². The highest BCUT2D eigenvalue weighted by atomic mass is 15.3. The molecule has 0 aliphatic carbocycles. The van der Waals surface area contributed by atoms with Crippen LogP contribution in [0, 0.1) is 0 Å². The quantitative estimate of drug-likeness (QED) is 0.873. The smallest absolute Gasteiger partial charge is 0.0515 e. The second-order valence-electron chi connectivity index (χ2n) is 6.13. The van der Waals surface area contributed by atoms with Gasteiger partial charge in [0.15, 0.2) is 0 Å². The van der Waals surface area contributed by atoms with Gasteiger partial charge in [-0.25, -0.2) is 0 Å². The van der Waals surface area contributed by atoms with Crippen LogP contribution in [0.3, 0.4) is 0 Å². The van der Waals surface area contributed by atoms with Gasteiger partial charge < -0.3 is 5.73 Å². The molecule has 4 heteroatoms. The van der Waals surface area contributed by atoms with Crippen molar-refractivity contribution in [2.24, 2.45) is 5.73 Å². The highest BCUT2D eigenvalue weighted by molar-refractivity contribution is 5.16. The van der Waals surface area contributed by atoms with Crippen molar-refractivity contribution in [3.63, 3.8) is 0 Å². The predicted octanol–water partition coefficient (Wildman–Crippen LogP) is 2.28. The number of pyridine rings is 1. The zero-order chi connectivity index (χ0) is 15.2. The Bertz CT molecular complexity index is 401. The molecule has 0 spiro atoms. The van der Waals surface area contributed by atoms with E-state index in [1.165, 1.54) is 12.0 Å². The van der Waals surface area contributed by atoms with Crippen molar-refractivity contribution in [1.29, 1.82) is 0 Å². The maximum atomic E-state index is 6.42. The van der Waals surface area contributed by atoms with Gasteiger partial charge in [-0.15, -0.1) is 0 Å². The number of hydrogen-bond donors (Lipinski definition) is 1. The molecule has 2 N–H and O–H groups in total. The summed E-state index contributed by atoms with van der Waals surface area (Å²) in [7, 11) is 0. The molecule has 21 heavy (non-hydrogen) atoms. The van der Waals surface area contributed by atoms with Gasteiger partial charge in [0.25, 0.3) is 0 Å². The Morgan fingerprint density at radius 3 is 2.33 bits per heavy atom. The van der Waals surface area contributed by atoms with E-state index in [4.69, 9.17) is 5.73 Å². The number of nitrogens with zero attached hydrogens (tertiary/aromatic N) is 3. The standard InChI is InChI=1S/C17H30N4/c1-4-14(3)20-9-11-21(12-10-20)17(16(18)5-2)15-7-6-8-19-13-15/h6-8,13-14,16-17H,4-5,9-12,18H2,1-3H3. The molecule has 1 fully saturated rings. The first-order chi connectivity index (χ1) is 10.2. The largest absolute Gasteiger partial charge is 0.326 e. The Morgan fingerprint density at radius 2 is 1.81 bits per heavy atom. The minimum atomic E-state index is 0.171. The van der Waals surface area contributed by atoms with Gasteiger partial charge in [-0.3, -0.25) is 14.8 Å². The molecule has 2 rings (SSSR count). The predicted molar refractivity (Wildman–Crippen MR) is 88.1 cm³/mol. The molecule has 118 valence electrons. The van der Waals surface area contributed by atoms with Crippen LogP contribution in [-0.4, -0.2) is 53.0 Å². The van der Waals surface area contributed by atoms with Crippen molar-refractivity contribution in [2.75, 3.05) is 26.2 Å². The van der Waals surface area contributed by atoms with E-state index in [1.54, 1.807) is 0 Å². The van der Waals surface area contributed by atoms with Crippen LogP contribution in [0.15, 0.2) is 24.5 Å². The van der Waals surface area contributed by atoms with E-state index in [0.29, 0.717) is 12.1 Å². The summed E-state index contributed by atoms with van der Waals surface area (Å²) in [5, 5.41) is 0. The molecule has 0 aromatic carbocycles. The minimum Gasteiger partial charge on any atom is -0.326 e. The van der Waals surface area contributed by atoms with E-state index in [9.17, 15) is 0 Å². The number of piperazine rings is 1. The summed E-state index contributed by atoms with van der Waals surface area (Å²) < 4.78 is 0. The van der Waals surface area contributed by atoms with Crippen molar-refractivity contribution >= 4 is 0 Å². The highest BCUT2D eigenvalue weighted by Crippen LogP contribution is 2.26. The molecule has 1 aliphatic rings. The van der Waals surface area contributed by atoms with Gasteiger partial charge in [-0.2, -0.15) is 0 Å². The first-order valence-electron chi connectivity index (χ1n) is 8.31. The van der Waals surface area contributed by atoms with Crippen molar-refractivity contribution in [1.82, 2.24) is 14.8 Å². The Kier molecular flexibility index (Phi) is 6.15. The Morgan fingerprint density at radius 1 is 1.14 bits per heavy atom. The van der Waals surface area contributed by atoms with Crippen LogP contribution in [0.25, 0.3) is 0 Å². The van der Waals surface area contributed by atoms with Crippen LogP contribution in [-0.2, 0) is 0 Å². The first-order valence-corrected chi connectivity index (χ1v) is 8.31.